The van der Waals surface area contributed by atoms with Crippen molar-refractivity contribution in [1.29, 1.82) is 0 Å². The van der Waals surface area contributed by atoms with E-state index >= 15 is 0 Å². The third-order valence-electron chi connectivity index (χ3n) is 6.92. The molecule has 2 fully saturated rings. The first kappa shape index (κ1) is 21.4. The minimum Gasteiger partial charge on any atom is -0.438 e. The number of carbonyl (C=O) groups is 1. The standard InChI is InChI=1S/C23H36O4Si/c1-22(2,3)28(23(4,5)6)20(16-11-9-8-10-12-16)19-17(13-14-18(19)27-28)15-26-21(24)25-7/h8-12,17-20H,13-15H2,1-7H3/t17?,18-,19+,20+/m1/s1. The smallest absolute Gasteiger partial charge is 0.438 e. The fourth-order valence-electron chi connectivity index (χ4n) is 6.23. The molecule has 1 aromatic carbocycles. The van der Waals surface area contributed by atoms with Crippen molar-refractivity contribution >= 4 is 14.5 Å². The molecule has 3 rings (SSSR count). The first-order chi connectivity index (χ1) is 13.0. The van der Waals surface area contributed by atoms with Crippen molar-refractivity contribution in [1.82, 2.24) is 0 Å². The minimum atomic E-state index is -2.28. The van der Waals surface area contributed by atoms with Crippen LogP contribution in [0.5, 0.6) is 0 Å². The number of ether oxygens (including phenoxy) is 2. The molecule has 0 N–H and O–H groups in total. The summed E-state index contributed by atoms with van der Waals surface area (Å²) in [7, 11) is -0.916. The van der Waals surface area contributed by atoms with Crippen molar-refractivity contribution in [2.24, 2.45) is 11.8 Å². The molecule has 0 aromatic heterocycles. The maximum atomic E-state index is 11.6. The van der Waals surface area contributed by atoms with Gasteiger partial charge in [0.25, 0.3) is 0 Å². The van der Waals surface area contributed by atoms with E-state index in [1.165, 1.54) is 12.7 Å². The Morgan fingerprint density at radius 2 is 1.68 bits per heavy atom. The highest BCUT2D eigenvalue weighted by molar-refractivity contribution is 6.81. The summed E-state index contributed by atoms with van der Waals surface area (Å²) >= 11 is 0. The summed E-state index contributed by atoms with van der Waals surface area (Å²) in [5, 5.41) is 0.174. The molecule has 1 aliphatic heterocycles. The molecule has 0 spiro atoms. The zero-order valence-corrected chi connectivity index (χ0v) is 19.5. The first-order valence-electron chi connectivity index (χ1n) is 10.5. The molecule has 0 bridgehead atoms. The molecular formula is C23H36O4Si. The van der Waals surface area contributed by atoms with E-state index in [-0.39, 0.29) is 16.2 Å². The van der Waals surface area contributed by atoms with Gasteiger partial charge in [0.05, 0.1) is 13.7 Å². The van der Waals surface area contributed by atoms with Gasteiger partial charge < -0.3 is 13.9 Å². The molecular weight excluding hydrogens is 368 g/mol. The molecule has 4 atom stereocenters. The highest BCUT2D eigenvalue weighted by atomic mass is 28.4. The lowest BCUT2D eigenvalue weighted by molar-refractivity contribution is 0.0511. The van der Waals surface area contributed by atoms with Gasteiger partial charge in [0.1, 0.15) is 0 Å². The van der Waals surface area contributed by atoms with Crippen molar-refractivity contribution in [3.63, 3.8) is 0 Å². The third kappa shape index (κ3) is 3.41. The molecule has 5 heteroatoms. The topological polar surface area (TPSA) is 44.8 Å². The van der Waals surface area contributed by atoms with Gasteiger partial charge in [0.2, 0.25) is 8.32 Å². The largest absolute Gasteiger partial charge is 0.507 e. The zero-order valence-electron chi connectivity index (χ0n) is 18.5. The van der Waals surface area contributed by atoms with Crippen molar-refractivity contribution in [2.45, 2.75) is 76.1 Å². The van der Waals surface area contributed by atoms with Crippen LogP contribution in [0, 0.1) is 11.8 Å². The molecule has 0 radical (unpaired) electrons. The number of fused-ring (bicyclic) bond motifs is 1. The highest BCUT2D eigenvalue weighted by Gasteiger charge is 2.69. The maximum Gasteiger partial charge on any atom is 0.507 e. The SMILES string of the molecule is COC(=O)OCC1CC[C@H]2O[Si](C(C)(C)C)(C(C)(C)C)[C@@H](c3ccccc3)[C@@H]12. The Labute approximate surface area is 171 Å². The minimum absolute atomic E-state index is 0.0872. The normalized spacial score (nSPS) is 29.4. The van der Waals surface area contributed by atoms with Crippen LogP contribution >= 0.6 is 0 Å². The van der Waals surface area contributed by atoms with Crippen LogP contribution in [0.1, 0.15) is 65.5 Å². The molecule has 4 nitrogen and oxygen atoms in total. The molecule has 1 heterocycles. The zero-order chi connectivity index (χ0) is 20.7. The number of carbonyl (C=O) groups excluding carboxylic acids is 1. The average molecular weight is 405 g/mol. The molecule has 1 aromatic rings. The van der Waals surface area contributed by atoms with Crippen molar-refractivity contribution in [2.75, 3.05) is 13.7 Å². The Kier molecular flexibility index (Phi) is 5.72. The van der Waals surface area contributed by atoms with Crippen LogP contribution in [0.25, 0.3) is 0 Å². The number of hydrogen-bond acceptors (Lipinski definition) is 4. The Balaban J connectivity index is 2.07. The molecule has 1 saturated carbocycles. The van der Waals surface area contributed by atoms with E-state index in [0.29, 0.717) is 24.0 Å². The Morgan fingerprint density at radius 1 is 1.07 bits per heavy atom. The van der Waals surface area contributed by atoms with Gasteiger partial charge in [-0.15, -0.1) is 0 Å². The maximum absolute atomic E-state index is 11.6. The van der Waals surface area contributed by atoms with Crippen molar-refractivity contribution in [3.8, 4) is 0 Å². The van der Waals surface area contributed by atoms with E-state index in [9.17, 15) is 4.79 Å². The Morgan fingerprint density at radius 3 is 2.21 bits per heavy atom. The van der Waals surface area contributed by atoms with Gasteiger partial charge in [0.15, 0.2) is 0 Å². The fraction of sp³-hybridized carbons (Fsp3) is 0.696. The van der Waals surface area contributed by atoms with Gasteiger partial charge in [-0.1, -0.05) is 71.9 Å². The summed E-state index contributed by atoms with van der Waals surface area (Å²) in [5.41, 5.74) is 1.77. The second kappa shape index (κ2) is 7.49. The lowest BCUT2D eigenvalue weighted by atomic mass is 9.88. The molecule has 1 saturated heterocycles. The predicted molar refractivity (Wildman–Crippen MR) is 114 cm³/mol. The highest BCUT2D eigenvalue weighted by Crippen LogP contribution is 2.67. The van der Waals surface area contributed by atoms with E-state index in [1.807, 2.05) is 0 Å². The first-order valence-corrected chi connectivity index (χ1v) is 12.4. The lowest BCUT2D eigenvalue weighted by Crippen LogP contribution is -2.57. The average Bonchev–Trinajstić information content (AvgIpc) is 3.16. The quantitative estimate of drug-likeness (QED) is 0.453. The summed E-state index contributed by atoms with van der Waals surface area (Å²) in [4.78, 5) is 11.6. The van der Waals surface area contributed by atoms with Crippen LogP contribution in [0.3, 0.4) is 0 Å². The fourth-order valence-corrected chi connectivity index (χ4v) is 13.6. The van der Waals surface area contributed by atoms with E-state index in [0.717, 1.165) is 12.8 Å². The third-order valence-corrected chi connectivity index (χ3v) is 13.7. The second-order valence-electron chi connectivity index (χ2n) is 10.5. The number of hydrogen-bond donors (Lipinski definition) is 0. The Hall–Kier alpha value is -1.33. The number of methoxy groups -OCH3 is 1. The van der Waals surface area contributed by atoms with E-state index < -0.39 is 14.5 Å². The molecule has 1 aliphatic carbocycles. The van der Waals surface area contributed by atoms with Crippen LogP contribution in [0.2, 0.25) is 10.1 Å². The lowest BCUT2D eigenvalue weighted by Gasteiger charge is -2.52. The number of benzene rings is 1. The van der Waals surface area contributed by atoms with Gasteiger partial charge in [-0.2, -0.15) is 0 Å². The van der Waals surface area contributed by atoms with E-state index in [1.54, 1.807) is 0 Å². The van der Waals surface area contributed by atoms with Crippen molar-refractivity contribution < 1.29 is 18.7 Å². The van der Waals surface area contributed by atoms with E-state index in [4.69, 9.17) is 13.9 Å². The van der Waals surface area contributed by atoms with Crippen molar-refractivity contribution in [3.05, 3.63) is 35.9 Å². The number of rotatable bonds is 3. The Bertz CT molecular complexity index is 675. The van der Waals surface area contributed by atoms with E-state index in [2.05, 4.69) is 71.9 Å². The van der Waals surface area contributed by atoms with Gasteiger partial charge in [-0.3, -0.25) is 0 Å². The summed E-state index contributed by atoms with van der Waals surface area (Å²) in [6.07, 6.45) is 1.74. The van der Waals surface area contributed by atoms with Gasteiger partial charge in [0, 0.05) is 11.6 Å². The van der Waals surface area contributed by atoms with Crippen LogP contribution < -0.4 is 0 Å². The van der Waals surface area contributed by atoms with Crippen LogP contribution in [0.4, 0.5) is 4.79 Å². The van der Waals surface area contributed by atoms with Gasteiger partial charge in [-0.25, -0.2) is 4.79 Å². The second-order valence-corrected chi connectivity index (χ2v) is 15.8. The van der Waals surface area contributed by atoms with Crippen LogP contribution in [-0.4, -0.2) is 34.3 Å². The summed E-state index contributed by atoms with van der Waals surface area (Å²) < 4.78 is 17.3. The summed E-state index contributed by atoms with van der Waals surface area (Å²) in [5.74, 6) is 0.700. The summed E-state index contributed by atoms with van der Waals surface area (Å²) in [6.45, 7) is 14.6. The van der Waals surface area contributed by atoms with Gasteiger partial charge in [-0.05, 0) is 40.3 Å². The van der Waals surface area contributed by atoms with Crippen LogP contribution in [-0.2, 0) is 13.9 Å². The molecule has 0 amide bonds. The molecule has 1 unspecified atom stereocenters. The predicted octanol–water partition coefficient (Wildman–Crippen LogP) is 6.06. The van der Waals surface area contributed by atoms with Crippen LogP contribution in [0.15, 0.2) is 30.3 Å². The molecule has 28 heavy (non-hydrogen) atoms. The summed E-state index contributed by atoms with van der Waals surface area (Å²) in [6, 6.07) is 10.9. The monoisotopic (exact) mass is 404 g/mol. The molecule has 156 valence electrons. The van der Waals surface area contributed by atoms with Gasteiger partial charge >= 0.3 is 6.16 Å². The molecule has 2 aliphatic rings.